The summed E-state index contributed by atoms with van der Waals surface area (Å²) in [4.78, 5) is 11.5. The monoisotopic (exact) mass is 278 g/mol. The summed E-state index contributed by atoms with van der Waals surface area (Å²) in [6.07, 6.45) is 3.00. The minimum absolute atomic E-state index is 0.000447. The number of thioether (sulfide) groups is 1. The smallest absolute Gasteiger partial charge is 0.257 e. The molecule has 0 fully saturated rings. The van der Waals surface area contributed by atoms with E-state index in [-0.39, 0.29) is 12.5 Å². The number of nitrogens with zero attached hydrogens (tertiary/aromatic N) is 1. The Balaban J connectivity index is 2.24. The molecule has 19 heavy (non-hydrogen) atoms. The zero-order chi connectivity index (χ0) is 14.1. The molecule has 1 atom stereocenters. The van der Waals surface area contributed by atoms with Crippen molar-refractivity contribution in [3.63, 3.8) is 0 Å². The van der Waals surface area contributed by atoms with E-state index in [1.54, 1.807) is 36.0 Å². The molecule has 0 bridgehead atoms. The number of nitrogens with one attached hydrogen (secondary N) is 1. The molecule has 0 saturated heterocycles. The van der Waals surface area contributed by atoms with Crippen LogP contribution in [0.25, 0.3) is 0 Å². The fourth-order valence-corrected chi connectivity index (χ4v) is 1.71. The molecule has 102 valence electrons. The molecule has 1 rings (SSSR count). The van der Waals surface area contributed by atoms with Crippen LogP contribution in [-0.4, -0.2) is 30.6 Å². The Morgan fingerprint density at radius 3 is 2.74 bits per heavy atom. The Kier molecular flexibility index (Phi) is 6.83. The number of ether oxygens (including phenoxy) is 1. The van der Waals surface area contributed by atoms with Crippen molar-refractivity contribution in [1.82, 2.24) is 5.32 Å². The van der Waals surface area contributed by atoms with Crippen LogP contribution in [0.15, 0.2) is 24.3 Å². The minimum atomic E-state index is -0.127. The summed E-state index contributed by atoms with van der Waals surface area (Å²) in [5, 5.41) is 12.0. The van der Waals surface area contributed by atoms with Crippen LogP contribution in [0.2, 0.25) is 0 Å². The van der Waals surface area contributed by atoms with Crippen LogP contribution < -0.4 is 10.1 Å². The normalized spacial score (nSPS) is 11.4. The lowest BCUT2D eigenvalue weighted by molar-refractivity contribution is -0.123. The van der Waals surface area contributed by atoms with E-state index in [4.69, 9.17) is 10.00 Å². The molecule has 0 aromatic heterocycles. The van der Waals surface area contributed by atoms with Crippen molar-refractivity contribution in [2.24, 2.45) is 0 Å². The number of benzene rings is 1. The number of hydrogen-bond donors (Lipinski definition) is 1. The Bertz CT molecular complexity index is 440. The molecule has 0 saturated carbocycles. The van der Waals surface area contributed by atoms with Crippen molar-refractivity contribution in [2.45, 2.75) is 18.6 Å². The molecule has 4 nitrogen and oxygen atoms in total. The molecular formula is C14H18N2O2S. The average molecular weight is 278 g/mol. The summed E-state index contributed by atoms with van der Waals surface area (Å²) in [6.45, 7) is 2.79. The highest BCUT2D eigenvalue weighted by Crippen LogP contribution is 2.11. The van der Waals surface area contributed by atoms with Gasteiger partial charge in [0.05, 0.1) is 11.6 Å². The third-order valence-electron chi connectivity index (χ3n) is 2.63. The molecule has 1 aromatic rings. The van der Waals surface area contributed by atoms with E-state index < -0.39 is 0 Å². The van der Waals surface area contributed by atoms with Gasteiger partial charge in [0.15, 0.2) is 6.61 Å². The summed E-state index contributed by atoms with van der Waals surface area (Å²) in [5.74, 6) is 0.462. The van der Waals surface area contributed by atoms with Gasteiger partial charge in [-0.25, -0.2) is 0 Å². The number of rotatable bonds is 7. The summed E-state index contributed by atoms with van der Waals surface area (Å²) in [7, 11) is 0. The molecule has 0 aliphatic carbocycles. The van der Waals surface area contributed by atoms with Crippen molar-refractivity contribution < 1.29 is 9.53 Å². The van der Waals surface area contributed by atoms with Crippen molar-refractivity contribution in [3.05, 3.63) is 29.8 Å². The van der Waals surface area contributed by atoms with E-state index in [0.29, 0.717) is 23.1 Å². The van der Waals surface area contributed by atoms with Gasteiger partial charge in [-0.3, -0.25) is 4.79 Å². The summed E-state index contributed by atoms with van der Waals surface area (Å²) >= 11 is 1.78. The lowest BCUT2D eigenvalue weighted by Gasteiger charge is -2.10. The maximum absolute atomic E-state index is 11.5. The molecular weight excluding hydrogens is 260 g/mol. The molecule has 5 heteroatoms. The zero-order valence-electron chi connectivity index (χ0n) is 11.2. The molecule has 0 heterocycles. The van der Waals surface area contributed by atoms with Gasteiger partial charge in [0.1, 0.15) is 5.75 Å². The van der Waals surface area contributed by atoms with E-state index in [1.807, 2.05) is 6.07 Å². The van der Waals surface area contributed by atoms with Crippen LogP contribution in [0, 0.1) is 11.3 Å². The highest BCUT2D eigenvalue weighted by Gasteiger charge is 2.04. The van der Waals surface area contributed by atoms with Crippen LogP contribution in [-0.2, 0) is 4.79 Å². The minimum Gasteiger partial charge on any atom is -0.484 e. The summed E-state index contributed by atoms with van der Waals surface area (Å²) in [5.41, 5.74) is 0.572. The van der Waals surface area contributed by atoms with Crippen molar-refractivity contribution in [1.29, 1.82) is 5.26 Å². The highest BCUT2D eigenvalue weighted by atomic mass is 32.2. The van der Waals surface area contributed by atoms with Gasteiger partial charge >= 0.3 is 0 Å². The predicted molar refractivity (Wildman–Crippen MR) is 77.3 cm³/mol. The first-order valence-corrected chi connectivity index (χ1v) is 7.37. The summed E-state index contributed by atoms with van der Waals surface area (Å²) < 4.78 is 5.32. The van der Waals surface area contributed by atoms with Crippen molar-refractivity contribution >= 4 is 17.7 Å². The fourth-order valence-electron chi connectivity index (χ4n) is 1.36. The predicted octanol–water partition coefficient (Wildman–Crippen LogP) is 2.19. The van der Waals surface area contributed by atoms with E-state index in [0.717, 1.165) is 6.42 Å². The molecule has 0 aliphatic rings. The van der Waals surface area contributed by atoms with Crippen LogP contribution in [0.4, 0.5) is 0 Å². The van der Waals surface area contributed by atoms with Gasteiger partial charge in [0.2, 0.25) is 0 Å². The second kappa shape index (κ2) is 8.44. The topological polar surface area (TPSA) is 62.1 Å². The quantitative estimate of drug-likeness (QED) is 0.830. The first kappa shape index (κ1) is 15.4. The van der Waals surface area contributed by atoms with E-state index in [9.17, 15) is 4.79 Å². The third-order valence-corrected chi connectivity index (χ3v) is 3.67. The maximum atomic E-state index is 11.5. The Morgan fingerprint density at radius 2 is 2.16 bits per heavy atom. The Labute approximate surface area is 118 Å². The number of carbonyl (C=O) groups excluding carboxylic acids is 1. The first-order chi connectivity index (χ1) is 9.15. The zero-order valence-corrected chi connectivity index (χ0v) is 12.0. The molecule has 1 amide bonds. The van der Waals surface area contributed by atoms with Crippen LogP contribution in [0.3, 0.4) is 0 Å². The second-order valence-electron chi connectivity index (χ2n) is 4.11. The molecule has 0 spiro atoms. The number of hydrogen-bond acceptors (Lipinski definition) is 4. The van der Waals surface area contributed by atoms with Crippen molar-refractivity contribution in [3.8, 4) is 11.8 Å². The van der Waals surface area contributed by atoms with Crippen LogP contribution >= 0.6 is 11.8 Å². The van der Waals surface area contributed by atoms with Gasteiger partial charge in [-0.05, 0) is 36.9 Å². The van der Waals surface area contributed by atoms with Gasteiger partial charge in [-0.1, -0.05) is 6.92 Å². The maximum Gasteiger partial charge on any atom is 0.257 e. The number of amides is 1. The lowest BCUT2D eigenvalue weighted by atomic mass is 10.2. The van der Waals surface area contributed by atoms with Gasteiger partial charge in [-0.15, -0.1) is 0 Å². The van der Waals surface area contributed by atoms with E-state index >= 15 is 0 Å². The van der Waals surface area contributed by atoms with Crippen LogP contribution in [0.1, 0.15) is 18.9 Å². The van der Waals surface area contributed by atoms with Gasteiger partial charge in [0, 0.05) is 11.8 Å². The molecule has 1 N–H and O–H groups in total. The Morgan fingerprint density at radius 1 is 1.47 bits per heavy atom. The van der Waals surface area contributed by atoms with Gasteiger partial charge in [-0.2, -0.15) is 17.0 Å². The molecule has 1 unspecified atom stereocenters. The summed E-state index contributed by atoms with van der Waals surface area (Å²) in [6, 6.07) is 8.71. The lowest BCUT2D eigenvalue weighted by Crippen LogP contribution is -2.30. The van der Waals surface area contributed by atoms with E-state index in [1.165, 1.54) is 0 Å². The van der Waals surface area contributed by atoms with E-state index in [2.05, 4.69) is 18.5 Å². The SMILES string of the molecule is CSC(C)CCNC(=O)COc1ccc(C#N)cc1. The van der Waals surface area contributed by atoms with Crippen molar-refractivity contribution in [2.75, 3.05) is 19.4 Å². The molecule has 0 aliphatic heterocycles. The standard InChI is InChI=1S/C14H18N2O2S/c1-11(19-2)7-8-16-14(17)10-18-13-5-3-12(9-15)4-6-13/h3-6,11H,7-8,10H2,1-2H3,(H,16,17). The van der Waals surface area contributed by atoms with Gasteiger partial charge in [0.25, 0.3) is 5.91 Å². The fraction of sp³-hybridized carbons (Fsp3) is 0.429. The largest absolute Gasteiger partial charge is 0.484 e. The third kappa shape index (κ3) is 6.16. The highest BCUT2D eigenvalue weighted by molar-refractivity contribution is 7.99. The molecule has 1 aromatic carbocycles. The Hall–Kier alpha value is -1.67. The molecule has 0 radical (unpaired) electrons. The number of carbonyl (C=O) groups is 1. The number of nitriles is 1. The first-order valence-electron chi connectivity index (χ1n) is 6.08. The average Bonchev–Trinajstić information content (AvgIpc) is 2.45. The van der Waals surface area contributed by atoms with Crippen LogP contribution in [0.5, 0.6) is 5.75 Å². The van der Waals surface area contributed by atoms with Gasteiger partial charge < -0.3 is 10.1 Å². The second-order valence-corrected chi connectivity index (χ2v) is 5.39.